The maximum absolute atomic E-state index is 9.86. The van der Waals surface area contributed by atoms with Crippen molar-refractivity contribution < 1.29 is 5.11 Å². The van der Waals surface area contributed by atoms with Crippen LogP contribution in [0.3, 0.4) is 0 Å². The van der Waals surface area contributed by atoms with Crippen molar-refractivity contribution in [3.63, 3.8) is 0 Å². The lowest BCUT2D eigenvalue weighted by molar-refractivity contribution is 0.107. The molecule has 0 aromatic heterocycles. The minimum absolute atomic E-state index is 0.0304. The molecule has 0 spiro atoms. The van der Waals surface area contributed by atoms with E-state index in [1.54, 1.807) is 0 Å². The number of aliphatic hydroxyl groups excluding tert-OH is 1. The van der Waals surface area contributed by atoms with Crippen LogP contribution in [0.25, 0.3) is 0 Å². The summed E-state index contributed by atoms with van der Waals surface area (Å²) in [5.74, 6) is 0.531. The SMILES string of the molecule is CC(C)c1ccccc1N1CCC(O)CC1(C)C. The quantitative estimate of drug-likeness (QED) is 0.864. The summed E-state index contributed by atoms with van der Waals surface area (Å²) < 4.78 is 0. The van der Waals surface area contributed by atoms with Gasteiger partial charge in [-0.25, -0.2) is 0 Å². The zero-order valence-corrected chi connectivity index (χ0v) is 12.0. The Kier molecular flexibility index (Phi) is 3.67. The summed E-state index contributed by atoms with van der Waals surface area (Å²) in [6.07, 6.45) is 1.57. The Labute approximate surface area is 111 Å². The van der Waals surface area contributed by atoms with E-state index < -0.39 is 0 Å². The van der Waals surface area contributed by atoms with Crippen molar-refractivity contribution in [1.82, 2.24) is 0 Å². The highest BCUT2D eigenvalue weighted by Gasteiger charge is 2.35. The fourth-order valence-corrected chi connectivity index (χ4v) is 3.04. The van der Waals surface area contributed by atoms with Crippen molar-refractivity contribution in [1.29, 1.82) is 0 Å². The fraction of sp³-hybridized carbons (Fsp3) is 0.625. The van der Waals surface area contributed by atoms with Crippen LogP contribution in [0.4, 0.5) is 5.69 Å². The van der Waals surface area contributed by atoms with Gasteiger partial charge in [0.1, 0.15) is 0 Å². The van der Waals surface area contributed by atoms with Gasteiger partial charge in [0.15, 0.2) is 0 Å². The van der Waals surface area contributed by atoms with Gasteiger partial charge >= 0.3 is 0 Å². The average Bonchev–Trinajstić information content (AvgIpc) is 2.27. The Bertz CT molecular complexity index is 411. The highest BCUT2D eigenvalue weighted by molar-refractivity contribution is 5.57. The first-order chi connectivity index (χ1) is 8.42. The van der Waals surface area contributed by atoms with E-state index in [0.29, 0.717) is 5.92 Å². The molecule has 1 unspecified atom stereocenters. The number of anilines is 1. The van der Waals surface area contributed by atoms with Gasteiger partial charge in [0.2, 0.25) is 0 Å². The Hall–Kier alpha value is -1.02. The summed E-state index contributed by atoms with van der Waals surface area (Å²) in [5.41, 5.74) is 2.77. The van der Waals surface area contributed by atoms with E-state index in [-0.39, 0.29) is 11.6 Å². The third kappa shape index (κ3) is 2.54. The van der Waals surface area contributed by atoms with Crippen molar-refractivity contribution in [2.45, 2.75) is 58.1 Å². The number of benzene rings is 1. The third-order valence-electron chi connectivity index (χ3n) is 4.00. The number of nitrogens with zero attached hydrogens (tertiary/aromatic N) is 1. The summed E-state index contributed by atoms with van der Waals surface area (Å²) in [6, 6.07) is 8.67. The molecule has 0 amide bonds. The molecule has 1 aliphatic heterocycles. The lowest BCUT2D eigenvalue weighted by Crippen LogP contribution is -2.52. The normalized spacial score (nSPS) is 23.4. The first kappa shape index (κ1) is 13.4. The Balaban J connectivity index is 2.36. The second-order valence-electron chi connectivity index (χ2n) is 6.32. The molecule has 100 valence electrons. The van der Waals surface area contributed by atoms with Gasteiger partial charge in [-0.3, -0.25) is 0 Å². The Morgan fingerprint density at radius 1 is 1.28 bits per heavy atom. The fourth-order valence-electron chi connectivity index (χ4n) is 3.04. The minimum Gasteiger partial charge on any atom is -0.393 e. The molecule has 1 aromatic rings. The van der Waals surface area contributed by atoms with Crippen LogP contribution in [0.1, 0.15) is 52.0 Å². The van der Waals surface area contributed by atoms with Gasteiger partial charge in [0.25, 0.3) is 0 Å². The van der Waals surface area contributed by atoms with Crippen LogP contribution in [0.2, 0.25) is 0 Å². The number of para-hydroxylation sites is 1. The second kappa shape index (κ2) is 4.93. The number of hydrogen-bond donors (Lipinski definition) is 1. The predicted octanol–water partition coefficient (Wildman–Crippen LogP) is 3.55. The molecular weight excluding hydrogens is 222 g/mol. The molecule has 2 rings (SSSR count). The molecule has 1 saturated heterocycles. The van der Waals surface area contributed by atoms with Crippen LogP contribution in [-0.4, -0.2) is 23.3 Å². The molecule has 0 saturated carbocycles. The van der Waals surface area contributed by atoms with E-state index in [2.05, 4.69) is 56.9 Å². The molecule has 0 radical (unpaired) electrons. The van der Waals surface area contributed by atoms with Crippen LogP contribution in [0, 0.1) is 0 Å². The molecule has 1 atom stereocenters. The summed E-state index contributed by atoms with van der Waals surface area (Å²) in [5, 5.41) is 9.86. The first-order valence-electron chi connectivity index (χ1n) is 6.96. The van der Waals surface area contributed by atoms with Crippen molar-refractivity contribution in [2.75, 3.05) is 11.4 Å². The molecule has 0 aliphatic carbocycles. The van der Waals surface area contributed by atoms with Gasteiger partial charge in [-0.2, -0.15) is 0 Å². The van der Waals surface area contributed by atoms with Crippen LogP contribution in [-0.2, 0) is 0 Å². The van der Waals surface area contributed by atoms with E-state index in [9.17, 15) is 5.11 Å². The lowest BCUT2D eigenvalue weighted by atomic mass is 9.86. The van der Waals surface area contributed by atoms with Crippen LogP contribution >= 0.6 is 0 Å². The number of hydrogen-bond acceptors (Lipinski definition) is 2. The van der Waals surface area contributed by atoms with Crippen LogP contribution in [0.15, 0.2) is 24.3 Å². The summed E-state index contributed by atoms with van der Waals surface area (Å²) in [7, 11) is 0. The molecule has 2 nitrogen and oxygen atoms in total. The van der Waals surface area contributed by atoms with E-state index in [1.165, 1.54) is 11.3 Å². The van der Waals surface area contributed by atoms with Gasteiger partial charge in [-0.15, -0.1) is 0 Å². The molecule has 1 aromatic carbocycles. The maximum atomic E-state index is 9.86. The van der Waals surface area contributed by atoms with Gasteiger partial charge in [0.05, 0.1) is 6.10 Å². The second-order valence-corrected chi connectivity index (χ2v) is 6.32. The van der Waals surface area contributed by atoms with Gasteiger partial charge in [0, 0.05) is 17.8 Å². The first-order valence-corrected chi connectivity index (χ1v) is 6.96. The molecule has 1 N–H and O–H groups in total. The summed E-state index contributed by atoms with van der Waals surface area (Å²) in [4.78, 5) is 2.47. The zero-order chi connectivity index (χ0) is 13.3. The number of piperidine rings is 1. The Morgan fingerprint density at radius 2 is 1.94 bits per heavy atom. The predicted molar refractivity (Wildman–Crippen MR) is 77.2 cm³/mol. The standard InChI is InChI=1S/C16H25NO/c1-12(2)14-7-5-6-8-15(14)17-10-9-13(18)11-16(17,3)4/h5-8,12-13,18H,9-11H2,1-4H3. The molecule has 18 heavy (non-hydrogen) atoms. The molecule has 0 bridgehead atoms. The van der Waals surface area contributed by atoms with Gasteiger partial charge in [-0.1, -0.05) is 32.0 Å². The highest BCUT2D eigenvalue weighted by Crippen LogP contribution is 2.36. The van der Waals surface area contributed by atoms with E-state index in [1.807, 2.05) is 0 Å². The van der Waals surface area contributed by atoms with E-state index in [0.717, 1.165) is 19.4 Å². The molecular formula is C16H25NO. The highest BCUT2D eigenvalue weighted by atomic mass is 16.3. The summed E-state index contributed by atoms with van der Waals surface area (Å²) >= 11 is 0. The van der Waals surface area contributed by atoms with Crippen molar-refractivity contribution >= 4 is 5.69 Å². The van der Waals surface area contributed by atoms with Crippen LogP contribution < -0.4 is 4.90 Å². The largest absolute Gasteiger partial charge is 0.393 e. The number of aliphatic hydroxyl groups is 1. The molecule has 1 heterocycles. The van der Waals surface area contributed by atoms with Gasteiger partial charge < -0.3 is 10.0 Å². The smallest absolute Gasteiger partial charge is 0.0579 e. The van der Waals surface area contributed by atoms with Crippen LogP contribution in [0.5, 0.6) is 0 Å². The average molecular weight is 247 g/mol. The third-order valence-corrected chi connectivity index (χ3v) is 4.00. The Morgan fingerprint density at radius 3 is 2.56 bits per heavy atom. The number of rotatable bonds is 2. The lowest BCUT2D eigenvalue weighted by Gasteiger charge is -2.47. The van der Waals surface area contributed by atoms with E-state index >= 15 is 0 Å². The monoisotopic (exact) mass is 247 g/mol. The molecule has 1 fully saturated rings. The topological polar surface area (TPSA) is 23.5 Å². The van der Waals surface area contributed by atoms with Gasteiger partial charge in [-0.05, 0) is 44.2 Å². The maximum Gasteiger partial charge on any atom is 0.0579 e. The van der Waals surface area contributed by atoms with Crippen molar-refractivity contribution in [2.24, 2.45) is 0 Å². The van der Waals surface area contributed by atoms with Crippen molar-refractivity contribution in [3.05, 3.63) is 29.8 Å². The molecule has 1 aliphatic rings. The van der Waals surface area contributed by atoms with E-state index in [4.69, 9.17) is 0 Å². The minimum atomic E-state index is -0.150. The molecule has 2 heteroatoms. The zero-order valence-electron chi connectivity index (χ0n) is 12.0. The van der Waals surface area contributed by atoms with Crippen molar-refractivity contribution in [3.8, 4) is 0 Å². The summed E-state index contributed by atoms with van der Waals surface area (Å²) in [6.45, 7) is 9.88.